The van der Waals surface area contributed by atoms with Gasteiger partial charge in [0.15, 0.2) is 5.78 Å². The first-order valence-corrected chi connectivity index (χ1v) is 4.90. The Kier molecular flexibility index (Phi) is 2.95. The zero-order valence-electron chi connectivity index (χ0n) is 9.04. The predicted octanol–water partition coefficient (Wildman–Crippen LogP) is 0.161. The minimum atomic E-state index is -0.400. The highest BCUT2D eigenvalue weighted by atomic mass is 16.2. The molecule has 1 heterocycles. The Morgan fingerprint density at radius 2 is 2.14 bits per heavy atom. The van der Waals surface area contributed by atoms with Crippen LogP contribution in [0, 0.1) is 5.41 Å². The van der Waals surface area contributed by atoms with Crippen LogP contribution < -0.4 is 5.73 Å². The van der Waals surface area contributed by atoms with E-state index in [2.05, 4.69) is 0 Å². The molecule has 0 aromatic heterocycles. The molecule has 2 N–H and O–H groups in total. The lowest BCUT2D eigenvalue weighted by Gasteiger charge is -2.21. The smallest absolute Gasteiger partial charge is 0.239 e. The van der Waals surface area contributed by atoms with Gasteiger partial charge in [0, 0.05) is 12.0 Å². The van der Waals surface area contributed by atoms with E-state index in [9.17, 15) is 9.59 Å². The molecule has 0 spiro atoms. The van der Waals surface area contributed by atoms with Gasteiger partial charge in [-0.3, -0.25) is 9.59 Å². The number of nitrogens with zero attached hydrogens (tertiary/aromatic N) is 1. The van der Waals surface area contributed by atoms with E-state index in [0.717, 1.165) is 0 Å². The Balaban J connectivity index is 2.54. The minimum absolute atomic E-state index is 0.0833. The van der Waals surface area contributed by atoms with Crippen LogP contribution in [-0.4, -0.2) is 35.7 Å². The number of carbonyl (C=O) groups excluding carboxylic acids is 2. The molecule has 0 radical (unpaired) electrons. The first-order chi connectivity index (χ1) is 6.32. The molecule has 14 heavy (non-hydrogen) atoms. The highest BCUT2D eigenvalue weighted by molar-refractivity contribution is 5.91. The summed E-state index contributed by atoms with van der Waals surface area (Å²) in [6.45, 7) is 6.39. The molecule has 0 bridgehead atoms. The van der Waals surface area contributed by atoms with Crippen LogP contribution >= 0.6 is 0 Å². The molecule has 0 unspecified atom stereocenters. The van der Waals surface area contributed by atoms with Gasteiger partial charge in [-0.25, -0.2) is 0 Å². The van der Waals surface area contributed by atoms with Crippen LogP contribution in [0.2, 0.25) is 0 Å². The van der Waals surface area contributed by atoms with Crippen molar-refractivity contribution in [1.82, 2.24) is 4.90 Å². The largest absolute Gasteiger partial charge is 0.334 e. The zero-order valence-corrected chi connectivity index (χ0v) is 9.04. The molecule has 0 aromatic carbocycles. The van der Waals surface area contributed by atoms with Gasteiger partial charge in [-0.05, 0) is 6.42 Å². The van der Waals surface area contributed by atoms with E-state index in [-0.39, 0.29) is 23.7 Å². The molecule has 1 aliphatic heterocycles. The Bertz CT molecular complexity index is 255. The second kappa shape index (κ2) is 3.69. The Morgan fingerprint density at radius 3 is 2.50 bits per heavy atom. The van der Waals surface area contributed by atoms with E-state index in [1.165, 1.54) is 0 Å². The molecule has 1 amide bonds. The standard InChI is InChI=1S/C10H18N2O2/c1-10(2,3)8(13)6-12-5-4-7(11)9(12)14/h7H,4-6,11H2,1-3H3/t7-/m0/s1. The van der Waals surface area contributed by atoms with Crippen molar-refractivity contribution >= 4 is 11.7 Å². The molecular formula is C10H18N2O2. The summed E-state index contributed by atoms with van der Waals surface area (Å²) >= 11 is 0. The van der Waals surface area contributed by atoms with Gasteiger partial charge >= 0.3 is 0 Å². The topological polar surface area (TPSA) is 63.4 Å². The molecule has 4 nitrogen and oxygen atoms in total. The van der Waals surface area contributed by atoms with Crippen molar-refractivity contribution in [3.8, 4) is 0 Å². The van der Waals surface area contributed by atoms with Crippen LogP contribution in [0.5, 0.6) is 0 Å². The fourth-order valence-electron chi connectivity index (χ4n) is 1.33. The summed E-state index contributed by atoms with van der Waals surface area (Å²) in [6, 6.07) is -0.400. The number of amides is 1. The molecule has 1 rings (SSSR count). The normalized spacial score (nSPS) is 23.0. The molecular weight excluding hydrogens is 180 g/mol. The number of hydrogen-bond donors (Lipinski definition) is 1. The summed E-state index contributed by atoms with van der Waals surface area (Å²) < 4.78 is 0. The van der Waals surface area contributed by atoms with E-state index in [1.807, 2.05) is 20.8 Å². The van der Waals surface area contributed by atoms with E-state index in [4.69, 9.17) is 5.73 Å². The van der Waals surface area contributed by atoms with Gasteiger partial charge in [0.1, 0.15) is 0 Å². The quantitative estimate of drug-likeness (QED) is 0.687. The van der Waals surface area contributed by atoms with E-state index < -0.39 is 6.04 Å². The maximum atomic E-state index is 11.6. The summed E-state index contributed by atoms with van der Waals surface area (Å²) in [5, 5.41) is 0. The Morgan fingerprint density at radius 1 is 1.57 bits per heavy atom. The molecule has 1 atom stereocenters. The Hall–Kier alpha value is -0.900. The number of ketones is 1. The molecule has 0 saturated carbocycles. The van der Waals surface area contributed by atoms with Gasteiger partial charge in [-0.1, -0.05) is 20.8 Å². The predicted molar refractivity (Wildman–Crippen MR) is 53.6 cm³/mol. The van der Waals surface area contributed by atoms with Crippen molar-refractivity contribution in [1.29, 1.82) is 0 Å². The number of likely N-dealkylation sites (tertiary alicyclic amines) is 1. The van der Waals surface area contributed by atoms with Gasteiger partial charge < -0.3 is 10.6 Å². The summed E-state index contributed by atoms with van der Waals surface area (Å²) in [4.78, 5) is 24.6. The maximum absolute atomic E-state index is 11.6. The average Bonchev–Trinajstić information content (AvgIpc) is 2.34. The summed E-state index contributed by atoms with van der Waals surface area (Å²) in [5.74, 6) is -0.0115. The minimum Gasteiger partial charge on any atom is -0.334 e. The van der Waals surface area contributed by atoms with Crippen LogP contribution in [0.3, 0.4) is 0 Å². The van der Waals surface area contributed by atoms with Crippen LogP contribution in [0.1, 0.15) is 27.2 Å². The van der Waals surface area contributed by atoms with Gasteiger partial charge in [-0.15, -0.1) is 0 Å². The number of hydrogen-bond acceptors (Lipinski definition) is 3. The van der Waals surface area contributed by atoms with E-state index in [1.54, 1.807) is 4.90 Å². The lowest BCUT2D eigenvalue weighted by molar-refractivity contribution is -0.135. The van der Waals surface area contributed by atoms with Gasteiger partial charge in [-0.2, -0.15) is 0 Å². The van der Waals surface area contributed by atoms with E-state index >= 15 is 0 Å². The van der Waals surface area contributed by atoms with Crippen molar-refractivity contribution in [3.05, 3.63) is 0 Å². The molecule has 4 heteroatoms. The van der Waals surface area contributed by atoms with Crippen molar-refractivity contribution in [2.75, 3.05) is 13.1 Å². The first-order valence-electron chi connectivity index (χ1n) is 4.90. The number of nitrogens with two attached hydrogens (primary N) is 1. The zero-order chi connectivity index (χ0) is 10.9. The van der Waals surface area contributed by atoms with Crippen molar-refractivity contribution in [2.45, 2.75) is 33.2 Å². The van der Waals surface area contributed by atoms with Crippen LogP contribution in [0.4, 0.5) is 0 Å². The molecule has 0 aromatic rings. The van der Waals surface area contributed by atoms with Crippen molar-refractivity contribution in [2.24, 2.45) is 11.1 Å². The number of Topliss-reactive ketones (excluding diaryl/α,β-unsaturated/α-hetero) is 1. The molecule has 1 saturated heterocycles. The Labute approximate surface area is 84.4 Å². The highest BCUT2D eigenvalue weighted by Crippen LogP contribution is 2.17. The number of rotatable bonds is 2. The number of carbonyl (C=O) groups is 2. The average molecular weight is 198 g/mol. The monoisotopic (exact) mass is 198 g/mol. The lowest BCUT2D eigenvalue weighted by Crippen LogP contribution is -2.40. The van der Waals surface area contributed by atoms with Gasteiger partial charge in [0.05, 0.1) is 12.6 Å². The second-order valence-electron chi connectivity index (χ2n) is 4.83. The summed E-state index contributed by atoms with van der Waals surface area (Å²) in [7, 11) is 0. The second-order valence-corrected chi connectivity index (χ2v) is 4.83. The highest BCUT2D eigenvalue weighted by Gasteiger charge is 2.32. The van der Waals surface area contributed by atoms with Crippen molar-refractivity contribution < 1.29 is 9.59 Å². The SMILES string of the molecule is CC(C)(C)C(=O)CN1CC[C@H](N)C1=O. The lowest BCUT2D eigenvalue weighted by atomic mass is 9.90. The summed E-state index contributed by atoms with van der Waals surface area (Å²) in [6.07, 6.45) is 0.663. The molecule has 1 fully saturated rings. The van der Waals surface area contributed by atoms with E-state index in [0.29, 0.717) is 13.0 Å². The molecule has 0 aliphatic carbocycles. The summed E-state index contributed by atoms with van der Waals surface area (Å²) in [5.41, 5.74) is 5.17. The third-order valence-electron chi connectivity index (χ3n) is 2.51. The fourth-order valence-corrected chi connectivity index (χ4v) is 1.33. The van der Waals surface area contributed by atoms with Crippen molar-refractivity contribution in [3.63, 3.8) is 0 Å². The molecule has 80 valence electrons. The third-order valence-corrected chi connectivity index (χ3v) is 2.51. The fraction of sp³-hybridized carbons (Fsp3) is 0.800. The maximum Gasteiger partial charge on any atom is 0.239 e. The van der Waals surface area contributed by atoms with Gasteiger partial charge in [0.25, 0.3) is 0 Å². The molecule has 1 aliphatic rings. The van der Waals surface area contributed by atoms with Crippen LogP contribution in [-0.2, 0) is 9.59 Å². The third kappa shape index (κ3) is 2.32. The van der Waals surface area contributed by atoms with Gasteiger partial charge in [0.2, 0.25) is 5.91 Å². The first kappa shape index (κ1) is 11.2. The van der Waals surface area contributed by atoms with Crippen LogP contribution in [0.25, 0.3) is 0 Å². The van der Waals surface area contributed by atoms with Crippen LogP contribution in [0.15, 0.2) is 0 Å².